The number of Topliss-reactive ketones (excluding diaryl/α,β-unsaturated/α-hetero) is 2. The highest BCUT2D eigenvalue weighted by Crippen LogP contribution is 2.58. The molecule has 1 fully saturated rings. The van der Waals surface area contributed by atoms with E-state index in [0.29, 0.717) is 5.56 Å². The maximum absolute atomic E-state index is 13.5. The van der Waals surface area contributed by atoms with Crippen LogP contribution >= 0.6 is 0 Å². The van der Waals surface area contributed by atoms with E-state index in [1.54, 1.807) is 24.3 Å². The molecule has 4 rings (SSSR count). The van der Waals surface area contributed by atoms with Gasteiger partial charge >= 0.3 is 5.97 Å². The van der Waals surface area contributed by atoms with Crippen molar-refractivity contribution in [2.24, 2.45) is 4.99 Å². The Morgan fingerprint density at radius 3 is 2.61 bits per heavy atom. The molecular weight excluding hydrogens is 418 g/mol. The number of allylic oxidation sites excluding steroid dienone is 2. The average molecular weight is 450 g/mol. The summed E-state index contributed by atoms with van der Waals surface area (Å²) in [4.78, 5) is 44.3. The summed E-state index contributed by atoms with van der Waals surface area (Å²) in [5.41, 5.74) is -0.588. The molecule has 2 heterocycles. The number of epoxide rings is 1. The van der Waals surface area contributed by atoms with Crippen LogP contribution in [0.25, 0.3) is 0 Å². The van der Waals surface area contributed by atoms with Gasteiger partial charge in [0.2, 0.25) is 5.78 Å². The lowest BCUT2D eigenvalue weighted by molar-refractivity contribution is -0.148. The van der Waals surface area contributed by atoms with Crippen LogP contribution in [0, 0.1) is 0 Å². The predicted molar refractivity (Wildman–Crippen MR) is 126 cm³/mol. The number of carbonyl (C=O) groups is 3. The lowest BCUT2D eigenvalue weighted by Crippen LogP contribution is -2.50. The van der Waals surface area contributed by atoms with E-state index in [4.69, 9.17) is 9.47 Å². The summed E-state index contributed by atoms with van der Waals surface area (Å²) in [5.74, 6) is -1.55. The Balaban J connectivity index is 1.54. The summed E-state index contributed by atoms with van der Waals surface area (Å²) in [6, 6.07) is 6.61. The summed E-state index contributed by atoms with van der Waals surface area (Å²) < 4.78 is 11.4. The molecule has 2 unspecified atom stereocenters. The fraction of sp³-hybridized carbons (Fsp3) is 0.481. The fourth-order valence-corrected chi connectivity index (χ4v) is 4.65. The van der Waals surface area contributed by atoms with Crippen molar-refractivity contribution in [1.29, 1.82) is 0 Å². The third kappa shape index (κ3) is 4.12. The van der Waals surface area contributed by atoms with Crippen LogP contribution in [-0.2, 0) is 14.3 Å². The first-order valence-corrected chi connectivity index (χ1v) is 11.9. The van der Waals surface area contributed by atoms with Gasteiger partial charge in [-0.3, -0.25) is 14.6 Å². The van der Waals surface area contributed by atoms with E-state index in [9.17, 15) is 14.4 Å². The minimum absolute atomic E-state index is 0.163. The minimum Gasteiger partial charge on any atom is -0.463 e. The zero-order valence-electron chi connectivity index (χ0n) is 19.4. The van der Waals surface area contributed by atoms with E-state index in [1.807, 2.05) is 19.2 Å². The third-order valence-electron chi connectivity index (χ3n) is 6.74. The number of unbranched alkanes of at least 4 members (excludes halogenated alkanes) is 3. The van der Waals surface area contributed by atoms with Gasteiger partial charge in [-0.05, 0) is 31.8 Å². The highest BCUT2D eigenvalue weighted by Gasteiger charge is 2.85. The normalized spacial score (nSPS) is 25.5. The second-order valence-electron chi connectivity index (χ2n) is 9.04. The lowest BCUT2D eigenvalue weighted by atomic mass is 9.72. The van der Waals surface area contributed by atoms with Gasteiger partial charge in [0.25, 0.3) is 5.60 Å². The molecule has 0 radical (unpaired) electrons. The Morgan fingerprint density at radius 2 is 1.91 bits per heavy atom. The number of rotatable bonds is 11. The highest BCUT2D eigenvalue weighted by molar-refractivity contribution is 6.32. The fourth-order valence-electron chi connectivity index (χ4n) is 4.65. The summed E-state index contributed by atoms with van der Waals surface area (Å²) in [6.45, 7) is 5.04. The molecule has 0 N–H and O–H groups in total. The Bertz CT molecular complexity index is 1050. The first-order valence-electron chi connectivity index (χ1n) is 11.9. The number of hydrogen-bond donors (Lipinski definition) is 0. The monoisotopic (exact) mass is 449 g/mol. The molecule has 33 heavy (non-hydrogen) atoms. The zero-order valence-corrected chi connectivity index (χ0v) is 19.4. The van der Waals surface area contributed by atoms with E-state index in [0.717, 1.165) is 50.6 Å². The second-order valence-corrected chi connectivity index (χ2v) is 9.04. The van der Waals surface area contributed by atoms with Crippen LogP contribution in [-0.4, -0.2) is 48.1 Å². The van der Waals surface area contributed by atoms with Crippen LogP contribution in [0.5, 0.6) is 0 Å². The SMILES string of the molecule is CCCCCCOC(=O)C12OC1(CC=C(C)CCC1=CCN=C1)C(=O)c1ccccc1C2=O. The maximum Gasteiger partial charge on any atom is 0.350 e. The van der Waals surface area contributed by atoms with Crippen LogP contribution in [0.3, 0.4) is 0 Å². The topological polar surface area (TPSA) is 85.3 Å². The van der Waals surface area contributed by atoms with E-state index >= 15 is 0 Å². The van der Waals surface area contributed by atoms with Crippen molar-refractivity contribution in [2.75, 3.05) is 13.2 Å². The van der Waals surface area contributed by atoms with E-state index < -0.39 is 23.0 Å². The molecule has 2 aliphatic heterocycles. The standard InChI is InChI=1S/C27H31NO5/c1-3-4-5-8-17-32-25(31)27-24(30)22-10-7-6-9-21(22)23(29)26(27,33-27)15-13-19(2)11-12-20-14-16-28-18-20/h6-7,9-10,13-14,18H,3-5,8,11-12,15-17H2,1-2H3. The largest absolute Gasteiger partial charge is 0.463 e. The Morgan fingerprint density at radius 1 is 1.15 bits per heavy atom. The number of carbonyl (C=O) groups excluding carboxylic acids is 3. The second kappa shape index (κ2) is 9.56. The molecule has 1 aromatic carbocycles. The van der Waals surface area contributed by atoms with Gasteiger partial charge in [0.15, 0.2) is 11.4 Å². The molecule has 174 valence electrons. The molecule has 1 aromatic rings. The molecule has 0 bridgehead atoms. The van der Waals surface area contributed by atoms with Gasteiger partial charge in [-0.1, -0.05) is 68.2 Å². The molecular formula is C27H31NO5. The van der Waals surface area contributed by atoms with Gasteiger partial charge in [-0.15, -0.1) is 0 Å². The van der Waals surface area contributed by atoms with Crippen LogP contribution in [0.2, 0.25) is 0 Å². The lowest BCUT2D eigenvalue weighted by Gasteiger charge is -2.23. The molecule has 0 amide bonds. The van der Waals surface area contributed by atoms with E-state index in [2.05, 4.69) is 18.0 Å². The van der Waals surface area contributed by atoms with Crippen molar-refractivity contribution >= 4 is 23.8 Å². The van der Waals surface area contributed by atoms with E-state index in [-0.39, 0.29) is 24.4 Å². The van der Waals surface area contributed by atoms with Gasteiger partial charge in [-0.2, -0.15) is 0 Å². The van der Waals surface area contributed by atoms with Crippen molar-refractivity contribution in [3.8, 4) is 0 Å². The quantitative estimate of drug-likeness (QED) is 0.159. The molecule has 0 saturated carbocycles. The van der Waals surface area contributed by atoms with Crippen molar-refractivity contribution < 1.29 is 23.9 Å². The highest BCUT2D eigenvalue weighted by atomic mass is 16.7. The molecule has 6 heteroatoms. The van der Waals surface area contributed by atoms with Gasteiger partial charge in [0.1, 0.15) is 0 Å². The predicted octanol–water partition coefficient (Wildman–Crippen LogP) is 4.82. The molecule has 1 saturated heterocycles. The number of fused-ring (bicyclic) bond motifs is 2. The summed E-state index contributed by atoms with van der Waals surface area (Å²) in [5, 5.41) is 0. The maximum atomic E-state index is 13.5. The van der Waals surface area contributed by atoms with Crippen LogP contribution in [0.15, 0.2) is 52.6 Å². The number of ketones is 2. The Labute approximate surface area is 194 Å². The van der Waals surface area contributed by atoms with Gasteiger partial charge < -0.3 is 9.47 Å². The average Bonchev–Trinajstić information content (AvgIpc) is 3.26. The number of aliphatic imine (C=N–C) groups is 1. The molecule has 3 aliphatic rings. The number of benzene rings is 1. The van der Waals surface area contributed by atoms with Gasteiger partial charge in [-0.25, -0.2) is 4.79 Å². The number of ether oxygens (including phenoxy) is 2. The number of esters is 1. The van der Waals surface area contributed by atoms with Crippen molar-refractivity contribution in [3.63, 3.8) is 0 Å². The smallest absolute Gasteiger partial charge is 0.350 e. The Hall–Kier alpha value is -2.86. The summed E-state index contributed by atoms with van der Waals surface area (Å²) >= 11 is 0. The van der Waals surface area contributed by atoms with Gasteiger partial charge in [0, 0.05) is 23.8 Å². The van der Waals surface area contributed by atoms with Crippen LogP contribution < -0.4 is 0 Å². The number of hydrogen-bond acceptors (Lipinski definition) is 6. The molecule has 0 spiro atoms. The van der Waals surface area contributed by atoms with Gasteiger partial charge in [0.05, 0.1) is 13.2 Å². The van der Waals surface area contributed by atoms with Crippen LogP contribution in [0.1, 0.15) is 79.5 Å². The molecule has 6 nitrogen and oxygen atoms in total. The van der Waals surface area contributed by atoms with Crippen molar-refractivity contribution in [3.05, 3.63) is 58.7 Å². The summed E-state index contributed by atoms with van der Waals surface area (Å²) in [7, 11) is 0. The Kier molecular flexibility index (Phi) is 6.75. The molecule has 0 aromatic heterocycles. The van der Waals surface area contributed by atoms with Crippen molar-refractivity contribution in [2.45, 2.75) is 70.0 Å². The third-order valence-corrected chi connectivity index (χ3v) is 6.74. The number of nitrogens with zero attached hydrogens (tertiary/aromatic N) is 1. The minimum atomic E-state index is -1.87. The summed E-state index contributed by atoms with van der Waals surface area (Å²) in [6.07, 6.45) is 11.5. The zero-order chi connectivity index (χ0) is 23.5. The van der Waals surface area contributed by atoms with Crippen molar-refractivity contribution in [1.82, 2.24) is 0 Å². The first kappa shape index (κ1) is 23.3. The molecule has 1 aliphatic carbocycles. The van der Waals surface area contributed by atoms with E-state index in [1.165, 1.54) is 5.57 Å². The van der Waals surface area contributed by atoms with Crippen LogP contribution in [0.4, 0.5) is 0 Å². The first-order chi connectivity index (χ1) is 16.0. The molecule has 2 atom stereocenters.